The van der Waals surface area contributed by atoms with E-state index in [0.717, 1.165) is 18.4 Å². The number of aliphatic imine (C=N–C) groups is 1. The molecule has 0 bridgehead atoms. The maximum Gasteiger partial charge on any atom is 0.205 e. The number of hydrazine groups is 1. The molecule has 0 amide bonds. The molecular weight excluding hydrogens is 212 g/mol. The number of rotatable bonds is 5. The van der Waals surface area contributed by atoms with Crippen LogP contribution in [0.5, 0.6) is 0 Å². The summed E-state index contributed by atoms with van der Waals surface area (Å²) in [6.45, 7) is 0.899. The number of hydrogen-bond acceptors (Lipinski definition) is 2. The normalized spacial score (nSPS) is 22.5. The zero-order valence-corrected chi connectivity index (χ0v) is 10.8. The zero-order valence-electron chi connectivity index (χ0n) is 10.8. The van der Waals surface area contributed by atoms with E-state index in [2.05, 4.69) is 15.7 Å². The molecular formula is C13H26N4. The number of nitrogens with two attached hydrogens (primary N) is 1. The molecule has 4 heteroatoms. The van der Waals surface area contributed by atoms with E-state index in [1.165, 1.54) is 57.8 Å². The predicted octanol–water partition coefficient (Wildman–Crippen LogP) is 1.92. The van der Waals surface area contributed by atoms with Gasteiger partial charge >= 0.3 is 0 Å². The molecule has 0 atom stereocenters. The monoisotopic (exact) mass is 238 g/mol. The van der Waals surface area contributed by atoms with Gasteiger partial charge in [0.25, 0.3) is 0 Å². The molecule has 0 aromatic heterocycles. The fourth-order valence-electron chi connectivity index (χ4n) is 2.55. The molecule has 0 radical (unpaired) electrons. The summed E-state index contributed by atoms with van der Waals surface area (Å²) in [6, 6.07) is 0.571. The Morgan fingerprint density at radius 3 is 2.53 bits per heavy atom. The smallest absolute Gasteiger partial charge is 0.205 e. The lowest BCUT2D eigenvalue weighted by Gasteiger charge is -2.24. The third-order valence-electron chi connectivity index (χ3n) is 3.82. The van der Waals surface area contributed by atoms with E-state index < -0.39 is 0 Å². The molecule has 0 aromatic rings. The first kappa shape index (κ1) is 12.7. The van der Waals surface area contributed by atoms with Crippen LogP contribution in [-0.2, 0) is 0 Å². The Hall–Kier alpha value is -0.770. The highest BCUT2D eigenvalue weighted by Crippen LogP contribution is 2.33. The van der Waals surface area contributed by atoms with E-state index in [9.17, 15) is 0 Å². The predicted molar refractivity (Wildman–Crippen MR) is 71.6 cm³/mol. The highest BCUT2D eigenvalue weighted by Gasteiger charge is 2.20. The quantitative estimate of drug-likeness (QED) is 0.225. The molecule has 0 heterocycles. The molecule has 2 fully saturated rings. The minimum atomic E-state index is 0.571. The number of hydrogen-bond donors (Lipinski definition) is 3. The Kier molecular flexibility index (Phi) is 5.10. The summed E-state index contributed by atoms with van der Waals surface area (Å²) >= 11 is 0. The fraction of sp³-hybridized carbons (Fsp3) is 0.923. The van der Waals surface area contributed by atoms with E-state index in [1.807, 2.05) is 0 Å². The molecule has 2 rings (SSSR count). The summed E-state index contributed by atoms with van der Waals surface area (Å²) in [4.78, 5) is 4.51. The van der Waals surface area contributed by atoms with Crippen molar-refractivity contribution >= 4 is 5.96 Å². The highest BCUT2D eigenvalue weighted by molar-refractivity contribution is 5.79. The standard InChI is InChI=1S/C13H26N4/c14-17-13(15-10-4-5-11-8-9-11)16-12-6-2-1-3-7-12/h11-12H,1-10,14H2,(H2,15,16,17). The van der Waals surface area contributed by atoms with Gasteiger partial charge in [-0.2, -0.15) is 0 Å². The Morgan fingerprint density at radius 1 is 1.12 bits per heavy atom. The van der Waals surface area contributed by atoms with Crippen molar-refractivity contribution in [2.24, 2.45) is 16.8 Å². The van der Waals surface area contributed by atoms with Crippen LogP contribution in [0.1, 0.15) is 57.8 Å². The van der Waals surface area contributed by atoms with Crippen molar-refractivity contribution in [2.45, 2.75) is 63.8 Å². The van der Waals surface area contributed by atoms with Gasteiger partial charge < -0.3 is 5.32 Å². The first-order valence-corrected chi connectivity index (χ1v) is 7.16. The van der Waals surface area contributed by atoms with Gasteiger partial charge in [-0.15, -0.1) is 0 Å². The molecule has 0 aliphatic heterocycles. The van der Waals surface area contributed by atoms with Crippen LogP contribution in [0, 0.1) is 5.92 Å². The topological polar surface area (TPSA) is 62.4 Å². The summed E-state index contributed by atoms with van der Waals surface area (Å²) in [5.74, 6) is 7.29. The molecule has 4 nitrogen and oxygen atoms in total. The summed E-state index contributed by atoms with van der Waals surface area (Å²) in [5, 5.41) is 3.42. The molecule has 0 spiro atoms. The summed E-state index contributed by atoms with van der Waals surface area (Å²) in [7, 11) is 0. The average Bonchev–Trinajstić information content (AvgIpc) is 3.18. The van der Waals surface area contributed by atoms with Crippen LogP contribution in [-0.4, -0.2) is 18.5 Å². The second-order valence-electron chi connectivity index (χ2n) is 5.44. The van der Waals surface area contributed by atoms with E-state index in [0.29, 0.717) is 6.04 Å². The van der Waals surface area contributed by atoms with Crippen LogP contribution in [0.4, 0.5) is 0 Å². The van der Waals surface area contributed by atoms with Gasteiger partial charge in [-0.05, 0) is 31.6 Å². The van der Waals surface area contributed by atoms with Gasteiger partial charge in [0.15, 0.2) is 0 Å². The fourth-order valence-corrected chi connectivity index (χ4v) is 2.55. The molecule has 0 unspecified atom stereocenters. The summed E-state index contributed by atoms with van der Waals surface area (Å²) in [5.41, 5.74) is 2.69. The van der Waals surface area contributed by atoms with Gasteiger partial charge in [0.1, 0.15) is 0 Å². The van der Waals surface area contributed by atoms with Gasteiger partial charge in [0, 0.05) is 12.6 Å². The largest absolute Gasteiger partial charge is 0.353 e. The van der Waals surface area contributed by atoms with Crippen molar-refractivity contribution in [2.75, 3.05) is 6.54 Å². The number of guanidine groups is 1. The highest BCUT2D eigenvalue weighted by atomic mass is 15.3. The van der Waals surface area contributed by atoms with Gasteiger partial charge in [0.2, 0.25) is 5.96 Å². The van der Waals surface area contributed by atoms with Crippen molar-refractivity contribution in [3.63, 3.8) is 0 Å². The Morgan fingerprint density at radius 2 is 1.88 bits per heavy atom. The maximum atomic E-state index is 5.50. The lowest BCUT2D eigenvalue weighted by molar-refractivity contribution is 0.410. The van der Waals surface area contributed by atoms with Crippen LogP contribution in [0.3, 0.4) is 0 Å². The first-order valence-electron chi connectivity index (χ1n) is 7.16. The van der Waals surface area contributed by atoms with Crippen molar-refractivity contribution in [1.29, 1.82) is 0 Å². The van der Waals surface area contributed by atoms with Crippen LogP contribution in [0.15, 0.2) is 4.99 Å². The number of nitrogens with zero attached hydrogens (tertiary/aromatic N) is 1. The van der Waals surface area contributed by atoms with Crippen molar-refractivity contribution in [3.8, 4) is 0 Å². The van der Waals surface area contributed by atoms with E-state index in [1.54, 1.807) is 0 Å². The van der Waals surface area contributed by atoms with Crippen molar-refractivity contribution in [3.05, 3.63) is 0 Å². The van der Waals surface area contributed by atoms with Gasteiger partial charge in [-0.3, -0.25) is 10.4 Å². The summed E-state index contributed by atoms with van der Waals surface area (Å²) in [6.07, 6.45) is 12.0. The average molecular weight is 238 g/mol. The van der Waals surface area contributed by atoms with Gasteiger partial charge in [-0.25, -0.2) is 5.84 Å². The molecule has 98 valence electrons. The SMILES string of the molecule is NNC(=NCCCC1CC1)NC1CCCCC1. The third-order valence-corrected chi connectivity index (χ3v) is 3.82. The van der Waals surface area contributed by atoms with E-state index in [4.69, 9.17) is 5.84 Å². The van der Waals surface area contributed by atoms with Crippen LogP contribution < -0.4 is 16.6 Å². The zero-order chi connectivity index (χ0) is 11.9. The van der Waals surface area contributed by atoms with Crippen molar-refractivity contribution in [1.82, 2.24) is 10.7 Å². The molecule has 2 saturated carbocycles. The van der Waals surface area contributed by atoms with Gasteiger partial charge in [-0.1, -0.05) is 32.1 Å². The Balaban J connectivity index is 1.64. The lowest BCUT2D eigenvalue weighted by atomic mass is 9.96. The lowest BCUT2D eigenvalue weighted by Crippen LogP contribution is -2.47. The second kappa shape index (κ2) is 6.84. The van der Waals surface area contributed by atoms with Crippen LogP contribution in [0.25, 0.3) is 0 Å². The third kappa shape index (κ3) is 4.94. The minimum absolute atomic E-state index is 0.571. The number of nitrogens with one attached hydrogen (secondary N) is 2. The van der Waals surface area contributed by atoms with E-state index in [-0.39, 0.29) is 0 Å². The second-order valence-corrected chi connectivity index (χ2v) is 5.44. The Bertz CT molecular complexity index is 242. The minimum Gasteiger partial charge on any atom is -0.353 e. The molecule has 2 aliphatic rings. The van der Waals surface area contributed by atoms with Gasteiger partial charge in [0.05, 0.1) is 0 Å². The van der Waals surface area contributed by atoms with Crippen molar-refractivity contribution < 1.29 is 0 Å². The summed E-state index contributed by atoms with van der Waals surface area (Å²) < 4.78 is 0. The molecule has 17 heavy (non-hydrogen) atoms. The molecule has 0 aromatic carbocycles. The van der Waals surface area contributed by atoms with E-state index >= 15 is 0 Å². The molecule has 2 aliphatic carbocycles. The first-order chi connectivity index (χ1) is 8.38. The molecule has 4 N–H and O–H groups in total. The molecule has 0 saturated heterocycles. The van der Waals surface area contributed by atoms with Crippen LogP contribution in [0.2, 0.25) is 0 Å². The van der Waals surface area contributed by atoms with Crippen LogP contribution >= 0.6 is 0 Å². The maximum absolute atomic E-state index is 5.50. The Labute approximate surface area is 104 Å².